The Morgan fingerprint density at radius 3 is 2.63 bits per heavy atom. The Hall–Kier alpha value is -3.20. The molecule has 0 atom stereocenters. The monoisotopic (exact) mass is 388 g/mol. The number of hydrogen-bond donors (Lipinski definition) is 1. The number of carboxylic acid groups (broad SMARTS) is 1. The summed E-state index contributed by atoms with van der Waals surface area (Å²) in [7, 11) is 2.94. The third-order valence-electron chi connectivity index (χ3n) is 4.13. The molecule has 0 bridgehead atoms. The summed E-state index contributed by atoms with van der Waals surface area (Å²) in [6.07, 6.45) is 1.25. The Bertz CT molecular complexity index is 1110. The topological polar surface area (TPSA) is 108 Å². The third kappa shape index (κ3) is 3.28. The molecule has 2 aromatic heterocycles. The van der Waals surface area contributed by atoms with Gasteiger partial charge in [0.15, 0.2) is 5.78 Å². The van der Waals surface area contributed by atoms with Crippen LogP contribution in [0.5, 0.6) is 11.5 Å². The molecule has 0 saturated heterocycles. The van der Waals surface area contributed by atoms with Crippen LogP contribution in [-0.2, 0) is 6.54 Å². The summed E-state index contributed by atoms with van der Waals surface area (Å²) < 4.78 is 11.5. The van der Waals surface area contributed by atoms with Gasteiger partial charge in [-0.25, -0.2) is 9.78 Å². The van der Waals surface area contributed by atoms with Crippen LogP contribution in [0.3, 0.4) is 0 Å². The summed E-state index contributed by atoms with van der Waals surface area (Å²) >= 11 is 0.937. The number of thiophene rings is 1. The van der Waals surface area contributed by atoms with Gasteiger partial charge in [0, 0.05) is 6.07 Å². The summed E-state index contributed by atoms with van der Waals surface area (Å²) in [4.78, 5) is 41.2. The molecule has 27 heavy (non-hydrogen) atoms. The summed E-state index contributed by atoms with van der Waals surface area (Å²) in [6.45, 7) is 1.31. The van der Waals surface area contributed by atoms with Crippen molar-refractivity contribution in [1.82, 2.24) is 9.55 Å². The number of rotatable bonds is 6. The number of Topliss-reactive ketones (excluding diaryl/α,β-unsaturated/α-hetero) is 1. The highest BCUT2D eigenvalue weighted by molar-refractivity contribution is 7.20. The van der Waals surface area contributed by atoms with Gasteiger partial charge in [-0.15, -0.1) is 11.3 Å². The minimum absolute atomic E-state index is 0.0653. The average Bonchev–Trinajstić information content (AvgIpc) is 3.00. The number of aromatic carboxylic acids is 1. The van der Waals surface area contributed by atoms with Crippen molar-refractivity contribution in [2.75, 3.05) is 14.2 Å². The molecule has 9 heteroatoms. The molecule has 0 radical (unpaired) electrons. The van der Waals surface area contributed by atoms with Crippen molar-refractivity contribution in [2.45, 2.75) is 13.5 Å². The Balaban J connectivity index is 2.01. The Kier molecular flexibility index (Phi) is 4.95. The Morgan fingerprint density at radius 1 is 1.26 bits per heavy atom. The summed E-state index contributed by atoms with van der Waals surface area (Å²) in [5, 5.41) is 9.43. The van der Waals surface area contributed by atoms with Crippen LogP contribution in [0.2, 0.25) is 0 Å². The lowest BCUT2D eigenvalue weighted by atomic mass is 10.1. The predicted molar refractivity (Wildman–Crippen MR) is 99.5 cm³/mol. The van der Waals surface area contributed by atoms with E-state index in [4.69, 9.17) is 9.47 Å². The number of nitrogens with zero attached hydrogens (tertiary/aromatic N) is 2. The normalized spacial score (nSPS) is 10.8. The summed E-state index contributed by atoms with van der Waals surface area (Å²) in [5.41, 5.74) is 0.199. The molecular weight excluding hydrogens is 372 g/mol. The van der Waals surface area contributed by atoms with E-state index in [1.54, 1.807) is 25.1 Å². The number of fused-ring (bicyclic) bond motifs is 1. The number of carboxylic acids is 1. The van der Waals surface area contributed by atoms with Crippen molar-refractivity contribution in [3.63, 3.8) is 0 Å². The summed E-state index contributed by atoms with van der Waals surface area (Å²) in [5.74, 6) is -0.579. The van der Waals surface area contributed by atoms with E-state index in [0.717, 1.165) is 11.3 Å². The number of methoxy groups -OCH3 is 2. The maximum atomic E-state index is 12.7. The second-order valence-corrected chi connectivity index (χ2v) is 6.71. The lowest BCUT2D eigenvalue weighted by molar-refractivity contribution is 0.0701. The van der Waals surface area contributed by atoms with Crippen LogP contribution in [0.25, 0.3) is 10.2 Å². The second kappa shape index (κ2) is 7.20. The third-order valence-corrected chi connectivity index (χ3v) is 5.32. The molecule has 1 aromatic carbocycles. The quantitative estimate of drug-likeness (QED) is 0.646. The molecule has 0 fully saturated rings. The molecule has 0 spiro atoms. The maximum Gasteiger partial charge on any atom is 0.346 e. The zero-order chi connectivity index (χ0) is 19.7. The first-order valence-corrected chi connectivity index (χ1v) is 8.66. The molecule has 3 aromatic rings. The van der Waals surface area contributed by atoms with Gasteiger partial charge in [0.05, 0.1) is 38.0 Å². The average molecular weight is 388 g/mol. The van der Waals surface area contributed by atoms with Gasteiger partial charge >= 0.3 is 5.97 Å². The number of aryl methyl sites for hydroxylation is 1. The lowest BCUT2D eigenvalue weighted by Crippen LogP contribution is -2.25. The molecule has 1 N–H and O–H groups in total. The molecule has 0 aliphatic rings. The Labute approximate surface area is 157 Å². The predicted octanol–water partition coefficient (Wildman–Crippen LogP) is 2.36. The van der Waals surface area contributed by atoms with E-state index in [9.17, 15) is 19.5 Å². The zero-order valence-corrected chi connectivity index (χ0v) is 15.6. The van der Waals surface area contributed by atoms with E-state index in [-0.39, 0.29) is 22.6 Å². The van der Waals surface area contributed by atoms with Crippen molar-refractivity contribution in [1.29, 1.82) is 0 Å². The molecule has 0 saturated carbocycles. The lowest BCUT2D eigenvalue weighted by Gasteiger charge is -2.10. The van der Waals surface area contributed by atoms with Crippen LogP contribution in [0.1, 0.15) is 25.6 Å². The van der Waals surface area contributed by atoms with E-state index in [0.29, 0.717) is 27.5 Å². The van der Waals surface area contributed by atoms with Gasteiger partial charge in [-0.2, -0.15) is 0 Å². The first-order chi connectivity index (χ1) is 12.9. The molecule has 0 aliphatic carbocycles. The highest BCUT2D eigenvalue weighted by atomic mass is 32.1. The first kappa shape index (κ1) is 18.6. The molecule has 0 aliphatic heterocycles. The number of carbonyl (C=O) groups excluding carboxylic acids is 1. The standard InChI is InChI=1S/C18H16N2O6S/c1-9-14-16(27-15(9)18(23)24)19-8-20(17(14)22)7-12(21)11-5-4-10(25-2)6-13(11)26-3/h4-6,8H,7H2,1-3H3,(H,23,24). The number of carbonyl (C=O) groups is 2. The largest absolute Gasteiger partial charge is 0.497 e. The van der Waals surface area contributed by atoms with Crippen LogP contribution in [-0.4, -0.2) is 40.6 Å². The van der Waals surface area contributed by atoms with Crippen LogP contribution < -0.4 is 15.0 Å². The summed E-state index contributed by atoms with van der Waals surface area (Å²) in [6, 6.07) is 4.77. The Morgan fingerprint density at radius 2 is 2.00 bits per heavy atom. The molecule has 8 nitrogen and oxygen atoms in total. The van der Waals surface area contributed by atoms with Gasteiger partial charge in [-0.3, -0.25) is 14.2 Å². The fraction of sp³-hybridized carbons (Fsp3) is 0.222. The van der Waals surface area contributed by atoms with E-state index in [1.165, 1.54) is 25.1 Å². The molecule has 0 unspecified atom stereocenters. The van der Waals surface area contributed by atoms with Gasteiger partial charge in [0.1, 0.15) is 21.2 Å². The second-order valence-electron chi connectivity index (χ2n) is 5.71. The van der Waals surface area contributed by atoms with Crippen molar-refractivity contribution in [3.8, 4) is 11.5 Å². The maximum absolute atomic E-state index is 12.7. The van der Waals surface area contributed by atoms with Gasteiger partial charge in [0.2, 0.25) is 0 Å². The van der Waals surface area contributed by atoms with Crippen LogP contribution in [0.15, 0.2) is 29.3 Å². The number of aromatic nitrogens is 2. The molecule has 140 valence electrons. The van der Waals surface area contributed by atoms with Crippen molar-refractivity contribution < 1.29 is 24.2 Å². The number of benzene rings is 1. The fourth-order valence-corrected chi connectivity index (χ4v) is 3.72. The molecular formula is C18H16N2O6S. The highest BCUT2D eigenvalue weighted by Gasteiger charge is 2.20. The smallest absolute Gasteiger partial charge is 0.346 e. The van der Waals surface area contributed by atoms with Crippen molar-refractivity contribution in [2.24, 2.45) is 0 Å². The minimum atomic E-state index is -1.11. The van der Waals surface area contributed by atoms with Crippen LogP contribution in [0, 0.1) is 6.92 Å². The van der Waals surface area contributed by atoms with E-state index in [1.807, 2.05) is 0 Å². The van der Waals surface area contributed by atoms with E-state index in [2.05, 4.69) is 4.98 Å². The minimum Gasteiger partial charge on any atom is -0.497 e. The molecule has 2 heterocycles. The van der Waals surface area contributed by atoms with Crippen LogP contribution >= 0.6 is 11.3 Å². The van der Waals surface area contributed by atoms with E-state index >= 15 is 0 Å². The zero-order valence-electron chi connectivity index (χ0n) is 14.8. The molecule has 3 rings (SSSR count). The van der Waals surface area contributed by atoms with Gasteiger partial charge in [-0.05, 0) is 24.6 Å². The number of hydrogen-bond acceptors (Lipinski definition) is 7. The first-order valence-electron chi connectivity index (χ1n) is 7.84. The van der Waals surface area contributed by atoms with E-state index < -0.39 is 11.5 Å². The van der Waals surface area contributed by atoms with Gasteiger partial charge in [0.25, 0.3) is 5.56 Å². The highest BCUT2D eigenvalue weighted by Crippen LogP contribution is 2.27. The fourth-order valence-electron chi connectivity index (χ4n) is 2.74. The van der Waals surface area contributed by atoms with Crippen molar-refractivity contribution >= 4 is 33.3 Å². The van der Waals surface area contributed by atoms with Crippen molar-refractivity contribution in [3.05, 3.63) is 50.9 Å². The SMILES string of the molecule is COc1ccc(C(=O)Cn2cnc3sc(C(=O)O)c(C)c3c2=O)c(OC)c1. The van der Waals surface area contributed by atoms with Gasteiger partial charge < -0.3 is 14.6 Å². The number of ketones is 1. The van der Waals surface area contributed by atoms with Gasteiger partial charge in [-0.1, -0.05) is 0 Å². The number of ether oxygens (including phenoxy) is 2. The van der Waals surface area contributed by atoms with Crippen LogP contribution in [0.4, 0.5) is 0 Å². The molecule has 0 amide bonds.